The van der Waals surface area contributed by atoms with Gasteiger partial charge in [-0.3, -0.25) is 4.79 Å². The van der Waals surface area contributed by atoms with Crippen LogP contribution in [0.4, 0.5) is 13.2 Å². The summed E-state index contributed by atoms with van der Waals surface area (Å²) in [4.78, 5) is 20.4. The first-order valence-corrected chi connectivity index (χ1v) is 11.6. The third-order valence-corrected chi connectivity index (χ3v) is 6.51. The molecule has 0 aliphatic heterocycles. The van der Waals surface area contributed by atoms with Gasteiger partial charge in [-0.2, -0.15) is 22.5 Å². The van der Waals surface area contributed by atoms with E-state index in [2.05, 4.69) is 39.9 Å². The van der Waals surface area contributed by atoms with Crippen LogP contribution >= 0.6 is 15.9 Å². The molecule has 0 saturated carbocycles. The second kappa shape index (κ2) is 8.13. The average Bonchev–Trinajstić information content (AvgIpc) is 3.33. The van der Waals surface area contributed by atoms with Gasteiger partial charge in [-0.25, -0.2) is 9.19 Å². The quantitative estimate of drug-likeness (QED) is 0.390. The van der Waals surface area contributed by atoms with Crippen molar-refractivity contribution in [1.82, 2.24) is 19.5 Å². The van der Waals surface area contributed by atoms with Crippen molar-refractivity contribution < 1.29 is 26.7 Å². The van der Waals surface area contributed by atoms with Crippen molar-refractivity contribution in [2.45, 2.75) is 17.5 Å². The number of carbonyl (C=O) groups is 1. The largest absolute Gasteiger partial charge is 0.471 e. The third kappa shape index (κ3) is 4.72. The molecule has 0 radical (unpaired) electrons. The van der Waals surface area contributed by atoms with Crippen molar-refractivity contribution in [2.75, 3.05) is 6.26 Å². The number of benzene rings is 1. The molecule has 4 rings (SSSR count). The number of imidazole rings is 1. The van der Waals surface area contributed by atoms with E-state index >= 15 is 0 Å². The van der Waals surface area contributed by atoms with Crippen molar-refractivity contribution >= 4 is 37.2 Å². The molecule has 0 fully saturated rings. The Bertz CT molecular complexity index is 1440. The zero-order valence-corrected chi connectivity index (χ0v) is 18.6. The molecular formula is C19H13BrF3N5O3S. The first kappa shape index (κ1) is 22.1. The summed E-state index contributed by atoms with van der Waals surface area (Å²) < 4.78 is 61.2. The third-order valence-electron chi connectivity index (χ3n) is 4.29. The van der Waals surface area contributed by atoms with Crippen LogP contribution in [0.1, 0.15) is 11.6 Å². The Hall–Kier alpha value is -3.06. The molecule has 1 aromatic carbocycles. The van der Waals surface area contributed by atoms with Crippen LogP contribution in [0.2, 0.25) is 0 Å². The lowest BCUT2D eigenvalue weighted by molar-refractivity contribution is -0.159. The molecule has 0 saturated heterocycles. The van der Waals surface area contributed by atoms with Crippen molar-refractivity contribution in [1.29, 1.82) is 0 Å². The molecule has 1 atom stereocenters. The number of carbonyl (C=O) groups excluding carboxylic acids is 1. The lowest BCUT2D eigenvalue weighted by atomic mass is 10.3. The zero-order valence-electron chi connectivity index (χ0n) is 16.2. The summed E-state index contributed by atoms with van der Waals surface area (Å²) >= 11 is 3.29. The maximum atomic E-state index is 12.8. The molecule has 166 valence electrons. The van der Waals surface area contributed by atoms with Gasteiger partial charge >= 0.3 is 12.1 Å². The number of amides is 1. The molecule has 0 aliphatic carbocycles. The number of aromatic nitrogens is 4. The fraction of sp³-hybridized carbons (Fsp3) is 0.158. The standard InChI is InChI=1S/C19H13BrF3N5O3S/c1-32(30,14-5-3-12(20)4-6-14)27-16(29)8-13-10-28-9-11(2-7-15(28)24-13)17-25-18(31-26-17)19(21,22)23/h2-7,9-10H,8H2,1H3. The van der Waals surface area contributed by atoms with E-state index in [1.54, 1.807) is 24.3 Å². The summed E-state index contributed by atoms with van der Waals surface area (Å²) in [6, 6.07) is 9.68. The highest BCUT2D eigenvalue weighted by Crippen LogP contribution is 2.29. The van der Waals surface area contributed by atoms with Crippen molar-refractivity contribution in [3.8, 4) is 11.4 Å². The van der Waals surface area contributed by atoms with Crippen LogP contribution in [0, 0.1) is 0 Å². The monoisotopic (exact) mass is 527 g/mol. The number of pyridine rings is 1. The Kier molecular flexibility index (Phi) is 5.63. The molecule has 1 amide bonds. The predicted octanol–water partition coefficient (Wildman–Crippen LogP) is 4.39. The van der Waals surface area contributed by atoms with Crippen LogP contribution < -0.4 is 0 Å². The van der Waals surface area contributed by atoms with E-state index < -0.39 is 27.7 Å². The smallest absolute Gasteiger partial charge is 0.329 e. The summed E-state index contributed by atoms with van der Waals surface area (Å²) in [5.41, 5.74) is 1.07. The SMILES string of the molecule is CS(=O)(=NC(=O)Cc1cn2cc(-c3noc(C(F)(F)F)n3)ccc2n1)c1ccc(Br)cc1. The molecule has 4 aromatic rings. The number of hydrogen-bond donors (Lipinski definition) is 0. The van der Waals surface area contributed by atoms with E-state index in [0.29, 0.717) is 16.2 Å². The molecule has 0 spiro atoms. The summed E-state index contributed by atoms with van der Waals surface area (Å²) in [6.07, 6.45) is -0.573. The fourth-order valence-corrected chi connectivity index (χ4v) is 4.30. The minimum absolute atomic E-state index is 0.196. The molecule has 0 bridgehead atoms. The normalized spacial score (nSPS) is 13.8. The summed E-state index contributed by atoms with van der Waals surface area (Å²) in [5, 5.41) is 3.35. The molecular weight excluding hydrogens is 515 g/mol. The molecule has 0 N–H and O–H groups in total. The van der Waals surface area contributed by atoms with Gasteiger partial charge in [0.1, 0.15) is 5.65 Å². The van der Waals surface area contributed by atoms with E-state index in [9.17, 15) is 22.2 Å². The Morgan fingerprint density at radius 3 is 2.53 bits per heavy atom. The van der Waals surface area contributed by atoms with Crippen LogP contribution in [0.15, 0.2) is 67.0 Å². The summed E-state index contributed by atoms with van der Waals surface area (Å²) in [6.45, 7) is 0. The van der Waals surface area contributed by atoms with Crippen LogP contribution in [-0.2, 0) is 27.1 Å². The number of rotatable bonds is 4. The van der Waals surface area contributed by atoms with Gasteiger partial charge in [0.2, 0.25) is 5.82 Å². The first-order valence-electron chi connectivity index (χ1n) is 8.91. The van der Waals surface area contributed by atoms with E-state index in [4.69, 9.17) is 0 Å². The average molecular weight is 528 g/mol. The predicted molar refractivity (Wildman–Crippen MR) is 111 cm³/mol. The number of hydrogen-bond acceptors (Lipinski definition) is 6. The minimum atomic E-state index is -4.74. The van der Waals surface area contributed by atoms with E-state index in [1.807, 2.05) is 0 Å². The molecule has 1 unspecified atom stereocenters. The van der Waals surface area contributed by atoms with Crippen LogP contribution in [0.25, 0.3) is 17.0 Å². The second-order valence-corrected chi connectivity index (χ2v) is 9.93. The maximum Gasteiger partial charge on any atom is 0.471 e. The van der Waals surface area contributed by atoms with Crippen molar-refractivity contribution in [3.63, 3.8) is 0 Å². The van der Waals surface area contributed by atoms with Gasteiger partial charge in [0.15, 0.2) is 0 Å². The first-order chi connectivity index (χ1) is 15.0. The lowest BCUT2D eigenvalue weighted by Crippen LogP contribution is -2.06. The van der Waals surface area contributed by atoms with Gasteiger partial charge in [0.05, 0.1) is 21.8 Å². The Morgan fingerprint density at radius 1 is 1.16 bits per heavy atom. The van der Waals surface area contributed by atoms with Crippen LogP contribution in [0.3, 0.4) is 0 Å². The van der Waals surface area contributed by atoms with E-state index in [1.165, 1.54) is 35.2 Å². The van der Waals surface area contributed by atoms with Gasteiger partial charge in [-0.05, 0) is 36.4 Å². The number of fused-ring (bicyclic) bond motifs is 1. The van der Waals surface area contributed by atoms with Crippen LogP contribution in [-0.4, -0.2) is 35.9 Å². The molecule has 32 heavy (non-hydrogen) atoms. The van der Waals surface area contributed by atoms with Gasteiger partial charge in [-0.15, -0.1) is 0 Å². The highest BCUT2D eigenvalue weighted by atomic mass is 79.9. The maximum absolute atomic E-state index is 12.8. The summed E-state index contributed by atoms with van der Waals surface area (Å²) in [7, 11) is -2.93. The molecule has 13 heteroatoms. The van der Waals surface area contributed by atoms with Crippen molar-refractivity contribution in [2.24, 2.45) is 4.36 Å². The van der Waals surface area contributed by atoms with Gasteiger partial charge in [0.25, 0.3) is 5.91 Å². The van der Waals surface area contributed by atoms with Gasteiger partial charge in [-0.1, -0.05) is 21.1 Å². The molecule has 3 aromatic heterocycles. The lowest BCUT2D eigenvalue weighted by Gasteiger charge is -2.03. The second-order valence-electron chi connectivity index (χ2n) is 6.75. The van der Waals surface area contributed by atoms with Gasteiger partial charge in [0, 0.05) is 33.6 Å². The van der Waals surface area contributed by atoms with E-state index in [-0.39, 0.29) is 17.8 Å². The molecule has 0 aliphatic rings. The van der Waals surface area contributed by atoms with Crippen molar-refractivity contribution in [3.05, 3.63) is 64.8 Å². The number of halogens is 4. The highest BCUT2D eigenvalue weighted by molar-refractivity contribution is 9.10. The Labute approximate surface area is 187 Å². The minimum Gasteiger partial charge on any atom is -0.329 e. The zero-order chi connectivity index (χ0) is 23.1. The highest BCUT2D eigenvalue weighted by Gasteiger charge is 2.38. The topological polar surface area (TPSA) is 103 Å². The number of alkyl halides is 3. The molecule has 3 heterocycles. The number of nitrogens with zero attached hydrogens (tertiary/aromatic N) is 5. The van der Waals surface area contributed by atoms with Gasteiger partial charge < -0.3 is 8.92 Å². The van der Waals surface area contributed by atoms with E-state index in [0.717, 1.165) is 4.47 Å². The molecule has 8 nitrogen and oxygen atoms in total. The fourth-order valence-electron chi connectivity index (χ4n) is 2.84. The Balaban J connectivity index is 1.56. The van der Waals surface area contributed by atoms with Crippen LogP contribution in [0.5, 0.6) is 0 Å². The Morgan fingerprint density at radius 2 is 1.88 bits per heavy atom. The summed E-state index contributed by atoms with van der Waals surface area (Å²) in [5.74, 6) is -2.29.